The van der Waals surface area contributed by atoms with Crippen molar-refractivity contribution in [2.75, 3.05) is 50.8 Å². The van der Waals surface area contributed by atoms with E-state index in [9.17, 15) is 9.50 Å². The molecule has 0 spiro atoms. The molecule has 208 valence electrons. The second-order valence-corrected chi connectivity index (χ2v) is 11.5. The number of aromatic nitrogens is 2. The van der Waals surface area contributed by atoms with Crippen LogP contribution in [-0.2, 0) is 0 Å². The minimum atomic E-state index is -0.878. The van der Waals surface area contributed by atoms with Gasteiger partial charge in [0.15, 0.2) is 5.82 Å². The van der Waals surface area contributed by atoms with E-state index in [-0.39, 0.29) is 40.0 Å². The Bertz CT molecular complexity index is 1610. The van der Waals surface area contributed by atoms with E-state index in [1.165, 1.54) is 6.07 Å². The molecular formula is C30H30ClF2N5O2. The van der Waals surface area contributed by atoms with Gasteiger partial charge in [-0.1, -0.05) is 35.9 Å². The number of phenolic OH excluding ortho intramolecular Hbond substituents is 1. The zero-order valence-electron chi connectivity index (χ0n) is 22.0. The minimum Gasteiger partial charge on any atom is -0.508 e. The maximum absolute atomic E-state index is 16.6. The fourth-order valence-corrected chi connectivity index (χ4v) is 7.03. The fourth-order valence-electron chi connectivity index (χ4n) is 6.74. The highest BCUT2D eigenvalue weighted by atomic mass is 35.5. The van der Waals surface area contributed by atoms with Gasteiger partial charge in [-0.05, 0) is 53.9 Å². The summed E-state index contributed by atoms with van der Waals surface area (Å²) in [6, 6.07) is 12.4. The van der Waals surface area contributed by atoms with Crippen LogP contribution in [0.15, 0.2) is 42.5 Å². The molecule has 0 unspecified atom stereocenters. The van der Waals surface area contributed by atoms with E-state index >= 15 is 4.39 Å². The van der Waals surface area contributed by atoms with Crippen molar-refractivity contribution in [3.63, 3.8) is 0 Å². The number of nitrogens with one attached hydrogen (secondary N) is 1. The van der Waals surface area contributed by atoms with E-state index in [2.05, 4.69) is 20.1 Å². The second kappa shape index (κ2) is 9.98. The quantitative estimate of drug-likeness (QED) is 0.340. The lowest BCUT2D eigenvalue weighted by Gasteiger charge is -2.32. The van der Waals surface area contributed by atoms with E-state index in [4.69, 9.17) is 21.3 Å². The Labute approximate surface area is 235 Å². The predicted molar refractivity (Wildman–Crippen MR) is 153 cm³/mol. The maximum atomic E-state index is 16.6. The number of alkyl halides is 1. The molecule has 7 rings (SSSR count). The highest BCUT2D eigenvalue weighted by Gasteiger charge is 2.49. The summed E-state index contributed by atoms with van der Waals surface area (Å²) in [5.74, 6) is -0.0296. The normalized spacial score (nSPS) is 23.3. The number of phenols is 1. The lowest BCUT2D eigenvalue weighted by Crippen LogP contribution is -2.44. The van der Waals surface area contributed by atoms with Crippen molar-refractivity contribution in [3.05, 3.63) is 53.3 Å². The first-order valence-electron chi connectivity index (χ1n) is 13.8. The number of aromatic hydroxyl groups is 1. The average molecular weight is 566 g/mol. The van der Waals surface area contributed by atoms with Gasteiger partial charge in [-0.25, -0.2) is 8.78 Å². The molecule has 0 amide bonds. The molecule has 4 aromatic rings. The molecular weight excluding hydrogens is 536 g/mol. The van der Waals surface area contributed by atoms with E-state index in [0.717, 1.165) is 43.2 Å². The zero-order chi connectivity index (χ0) is 27.4. The molecule has 10 heteroatoms. The lowest BCUT2D eigenvalue weighted by molar-refractivity contribution is 0.107. The molecule has 0 aliphatic carbocycles. The summed E-state index contributed by atoms with van der Waals surface area (Å²) in [6.07, 6.45) is 1.39. The smallest absolute Gasteiger partial charge is 0.319 e. The summed E-state index contributed by atoms with van der Waals surface area (Å²) >= 11 is 6.79. The third kappa shape index (κ3) is 4.31. The molecule has 3 saturated heterocycles. The van der Waals surface area contributed by atoms with Gasteiger partial charge >= 0.3 is 6.01 Å². The van der Waals surface area contributed by atoms with Crippen LogP contribution in [0.4, 0.5) is 14.6 Å². The topological polar surface area (TPSA) is 73.8 Å². The Morgan fingerprint density at radius 3 is 2.77 bits per heavy atom. The van der Waals surface area contributed by atoms with Crippen LogP contribution in [0.3, 0.4) is 0 Å². The van der Waals surface area contributed by atoms with E-state index in [1.54, 1.807) is 12.1 Å². The van der Waals surface area contributed by atoms with E-state index in [1.807, 2.05) is 24.3 Å². The molecule has 2 atom stereocenters. The highest BCUT2D eigenvalue weighted by molar-refractivity contribution is 6.35. The van der Waals surface area contributed by atoms with Crippen LogP contribution in [0, 0.1) is 5.82 Å². The number of hydrogen-bond acceptors (Lipinski definition) is 7. The number of nitrogens with zero attached hydrogens (tertiary/aromatic N) is 4. The third-order valence-corrected chi connectivity index (χ3v) is 8.90. The number of ether oxygens (including phenoxy) is 1. The summed E-state index contributed by atoms with van der Waals surface area (Å²) in [5, 5.41) is 16.0. The van der Waals surface area contributed by atoms with Crippen molar-refractivity contribution >= 4 is 39.1 Å². The zero-order valence-corrected chi connectivity index (χ0v) is 22.7. The Balaban J connectivity index is 1.37. The van der Waals surface area contributed by atoms with Gasteiger partial charge in [-0.2, -0.15) is 9.97 Å². The summed E-state index contributed by atoms with van der Waals surface area (Å²) in [7, 11) is 0. The number of fused-ring (bicyclic) bond motifs is 3. The molecule has 3 aromatic carbocycles. The molecule has 7 nitrogen and oxygen atoms in total. The predicted octanol–water partition coefficient (Wildman–Crippen LogP) is 5.31. The lowest BCUT2D eigenvalue weighted by atomic mass is 9.95. The largest absolute Gasteiger partial charge is 0.508 e. The molecule has 3 aliphatic rings. The molecule has 0 saturated carbocycles. The number of benzene rings is 3. The molecule has 0 radical (unpaired) electrons. The van der Waals surface area contributed by atoms with Gasteiger partial charge in [0.05, 0.1) is 10.6 Å². The standard InChI is InChI=1S/C30H30ClF2N5O2/c31-24-14-23-27(26(33)25(24)22-13-20(39)12-18-4-1-2-5-21(18)22)35-29(36-28(23)37-10-7-34-8-11-37)40-17-30-6-3-9-38(30)16-19(32)15-30/h1-2,4-5,12-14,19,34,39H,3,6-11,15-17H2/t19-,30+/m1/s1. The van der Waals surface area contributed by atoms with E-state index < -0.39 is 12.0 Å². The molecule has 1 aromatic heterocycles. The Morgan fingerprint density at radius 2 is 1.93 bits per heavy atom. The van der Waals surface area contributed by atoms with Crippen molar-refractivity contribution in [1.82, 2.24) is 20.2 Å². The summed E-state index contributed by atoms with van der Waals surface area (Å²) in [6.45, 7) is 4.42. The van der Waals surface area contributed by atoms with Crippen LogP contribution in [0.2, 0.25) is 5.02 Å². The number of anilines is 1. The van der Waals surface area contributed by atoms with Gasteiger partial charge in [0.1, 0.15) is 29.9 Å². The monoisotopic (exact) mass is 565 g/mol. The molecule has 4 heterocycles. The van der Waals surface area contributed by atoms with Crippen LogP contribution in [0.25, 0.3) is 32.8 Å². The summed E-state index contributed by atoms with van der Waals surface area (Å²) < 4.78 is 37.1. The second-order valence-electron chi connectivity index (χ2n) is 11.1. The Hall–Kier alpha value is -3.27. The highest BCUT2D eigenvalue weighted by Crippen LogP contribution is 2.43. The average Bonchev–Trinajstić information content (AvgIpc) is 3.48. The van der Waals surface area contributed by atoms with Crippen LogP contribution >= 0.6 is 11.6 Å². The van der Waals surface area contributed by atoms with Crippen molar-refractivity contribution in [1.29, 1.82) is 0 Å². The molecule has 0 bridgehead atoms. The first-order chi connectivity index (χ1) is 19.4. The van der Waals surface area contributed by atoms with Gasteiger partial charge < -0.3 is 20.1 Å². The van der Waals surface area contributed by atoms with Crippen LogP contribution < -0.4 is 15.0 Å². The summed E-state index contributed by atoms with van der Waals surface area (Å²) in [4.78, 5) is 13.6. The SMILES string of the molecule is Oc1cc(-c2c(Cl)cc3c(N4CCNCC4)nc(OC[C@@]45CCCN4C[C@H](F)C5)nc3c2F)c2ccccc2c1. The number of halogens is 3. The summed E-state index contributed by atoms with van der Waals surface area (Å²) in [5.41, 5.74) is 0.358. The molecule has 40 heavy (non-hydrogen) atoms. The van der Waals surface area contributed by atoms with Gasteiger partial charge in [-0.15, -0.1) is 0 Å². The van der Waals surface area contributed by atoms with Crippen LogP contribution in [0.5, 0.6) is 11.8 Å². The third-order valence-electron chi connectivity index (χ3n) is 8.61. The van der Waals surface area contributed by atoms with Crippen LogP contribution in [-0.4, -0.2) is 77.6 Å². The Kier molecular flexibility index (Phi) is 6.40. The number of rotatable bonds is 5. The van der Waals surface area contributed by atoms with Gasteiger partial charge in [0.25, 0.3) is 0 Å². The van der Waals surface area contributed by atoms with Crippen molar-refractivity contribution in [2.24, 2.45) is 0 Å². The van der Waals surface area contributed by atoms with Crippen molar-refractivity contribution in [3.8, 4) is 22.9 Å². The fraction of sp³-hybridized carbons (Fsp3) is 0.400. The van der Waals surface area contributed by atoms with Crippen molar-refractivity contribution in [2.45, 2.75) is 31.0 Å². The maximum Gasteiger partial charge on any atom is 0.319 e. The molecule has 2 N–H and O–H groups in total. The van der Waals surface area contributed by atoms with E-state index in [0.29, 0.717) is 42.8 Å². The van der Waals surface area contributed by atoms with Gasteiger partial charge in [-0.3, -0.25) is 4.90 Å². The van der Waals surface area contributed by atoms with Crippen LogP contribution in [0.1, 0.15) is 19.3 Å². The number of piperazine rings is 1. The number of hydrogen-bond donors (Lipinski definition) is 2. The van der Waals surface area contributed by atoms with Gasteiger partial charge in [0, 0.05) is 50.1 Å². The molecule has 3 fully saturated rings. The first kappa shape index (κ1) is 25.7. The molecule has 3 aliphatic heterocycles. The Morgan fingerprint density at radius 1 is 1.10 bits per heavy atom. The minimum absolute atomic E-state index is 0.0144. The van der Waals surface area contributed by atoms with Gasteiger partial charge in [0.2, 0.25) is 0 Å². The van der Waals surface area contributed by atoms with Crippen molar-refractivity contribution < 1.29 is 18.6 Å². The first-order valence-corrected chi connectivity index (χ1v) is 14.2.